The molecular weight excluding hydrogens is 332 g/mol. The maximum absolute atomic E-state index is 13.0. The lowest BCUT2D eigenvalue weighted by molar-refractivity contribution is -0.129. The van der Waals surface area contributed by atoms with Crippen molar-refractivity contribution in [1.82, 2.24) is 20.1 Å². The number of amides is 1. The second-order valence-electron chi connectivity index (χ2n) is 7.31. The van der Waals surface area contributed by atoms with Gasteiger partial charge in [-0.1, -0.05) is 36.0 Å². The van der Waals surface area contributed by atoms with Gasteiger partial charge in [-0.15, -0.1) is 5.10 Å². The van der Waals surface area contributed by atoms with Crippen molar-refractivity contribution >= 4 is 17.7 Å². The van der Waals surface area contributed by atoms with Crippen LogP contribution in [0.25, 0.3) is 0 Å². The monoisotopic (exact) mass is 354 g/mol. The summed E-state index contributed by atoms with van der Waals surface area (Å²) >= 11 is 1.53. The first-order valence-electron chi connectivity index (χ1n) is 9.27. The highest BCUT2D eigenvalue weighted by atomic mass is 32.2. The van der Waals surface area contributed by atoms with Crippen molar-refractivity contribution in [1.29, 1.82) is 0 Å². The number of likely N-dealkylation sites (tertiary alicyclic amines) is 1. The molecule has 2 aromatic rings. The summed E-state index contributed by atoms with van der Waals surface area (Å²) in [7, 11) is 0. The van der Waals surface area contributed by atoms with Crippen molar-refractivity contribution in [2.45, 2.75) is 60.9 Å². The van der Waals surface area contributed by atoms with Gasteiger partial charge in [-0.3, -0.25) is 9.89 Å². The fourth-order valence-electron chi connectivity index (χ4n) is 4.12. The minimum absolute atomic E-state index is 0.0445. The summed E-state index contributed by atoms with van der Waals surface area (Å²) in [5.41, 5.74) is 2.76. The van der Waals surface area contributed by atoms with E-state index in [4.69, 9.17) is 0 Å². The fraction of sp³-hybridized carbons (Fsp3) is 0.526. The van der Waals surface area contributed by atoms with Gasteiger partial charge >= 0.3 is 0 Å². The van der Waals surface area contributed by atoms with Crippen LogP contribution in [0.5, 0.6) is 0 Å². The zero-order valence-electron chi connectivity index (χ0n) is 14.1. The van der Waals surface area contributed by atoms with Crippen molar-refractivity contribution in [2.75, 3.05) is 6.54 Å². The van der Waals surface area contributed by atoms with E-state index in [1.165, 1.54) is 35.7 Å². The summed E-state index contributed by atoms with van der Waals surface area (Å²) in [4.78, 5) is 19.7. The van der Waals surface area contributed by atoms with Crippen LogP contribution in [-0.4, -0.2) is 37.8 Å². The van der Waals surface area contributed by atoms with Crippen LogP contribution >= 0.6 is 11.8 Å². The lowest BCUT2D eigenvalue weighted by atomic mass is 9.87. The Balaban J connectivity index is 1.31. The minimum atomic E-state index is -0.0445. The number of benzene rings is 1. The highest BCUT2D eigenvalue weighted by Crippen LogP contribution is 2.41. The van der Waals surface area contributed by atoms with E-state index in [0.717, 1.165) is 43.2 Å². The molecule has 1 amide bonds. The van der Waals surface area contributed by atoms with Gasteiger partial charge < -0.3 is 4.90 Å². The number of nitrogens with zero attached hydrogens (tertiary/aromatic N) is 3. The molecule has 130 valence electrons. The quantitative estimate of drug-likeness (QED) is 0.913. The molecule has 2 heterocycles. The van der Waals surface area contributed by atoms with Crippen molar-refractivity contribution in [3.8, 4) is 0 Å². The molecule has 1 saturated carbocycles. The Morgan fingerprint density at radius 3 is 2.92 bits per heavy atom. The molecule has 2 aliphatic carbocycles. The number of aromatic nitrogens is 3. The largest absolute Gasteiger partial charge is 0.335 e. The smallest absolute Gasteiger partial charge is 0.236 e. The normalized spacial score (nSPS) is 26.1. The Labute approximate surface area is 151 Å². The number of hydrogen-bond acceptors (Lipinski definition) is 4. The van der Waals surface area contributed by atoms with Crippen LogP contribution < -0.4 is 0 Å². The summed E-state index contributed by atoms with van der Waals surface area (Å²) in [6.07, 6.45) is 6.66. The molecule has 0 spiro atoms. The van der Waals surface area contributed by atoms with Crippen LogP contribution in [-0.2, 0) is 11.2 Å². The SMILES string of the molecule is O=C1C(Sc2n[nH]c(C3CC3)n2)CCN1C1CCCc2ccccc21. The minimum Gasteiger partial charge on any atom is -0.335 e. The van der Waals surface area contributed by atoms with Crippen molar-refractivity contribution < 1.29 is 4.79 Å². The summed E-state index contributed by atoms with van der Waals surface area (Å²) in [6.45, 7) is 0.843. The lowest BCUT2D eigenvalue weighted by Crippen LogP contribution is -2.34. The third-order valence-corrected chi connectivity index (χ3v) is 6.71. The van der Waals surface area contributed by atoms with Crippen molar-refractivity contribution in [3.63, 3.8) is 0 Å². The number of rotatable bonds is 4. The second-order valence-corrected chi connectivity index (χ2v) is 8.48. The number of carbonyl (C=O) groups excluding carboxylic acids is 1. The summed E-state index contributed by atoms with van der Waals surface area (Å²) in [5.74, 6) is 1.81. The molecule has 1 aromatic carbocycles. The third-order valence-electron chi connectivity index (χ3n) is 5.60. The van der Waals surface area contributed by atoms with Crippen LogP contribution in [0.4, 0.5) is 0 Å². The summed E-state index contributed by atoms with van der Waals surface area (Å²) in [5, 5.41) is 8.03. The number of aromatic amines is 1. The summed E-state index contributed by atoms with van der Waals surface area (Å²) < 4.78 is 0. The maximum Gasteiger partial charge on any atom is 0.236 e. The molecule has 1 aromatic heterocycles. The standard InChI is InChI=1S/C19H22N4OS/c24-18-16(25-19-20-17(21-22-19)13-8-9-13)10-11-23(18)15-7-3-5-12-4-1-2-6-14(12)15/h1-2,4,6,13,15-16H,3,5,7-11H2,(H,20,21,22). The number of aryl methyl sites for hydroxylation is 1. The highest BCUT2D eigenvalue weighted by Gasteiger charge is 2.39. The van der Waals surface area contributed by atoms with Gasteiger partial charge in [-0.2, -0.15) is 0 Å². The van der Waals surface area contributed by atoms with Gasteiger partial charge in [-0.05, 0) is 49.7 Å². The molecule has 25 heavy (non-hydrogen) atoms. The predicted molar refractivity (Wildman–Crippen MR) is 96.5 cm³/mol. The summed E-state index contributed by atoms with van der Waals surface area (Å²) in [6, 6.07) is 8.85. The topological polar surface area (TPSA) is 61.9 Å². The molecule has 3 aliphatic rings. The van der Waals surface area contributed by atoms with Crippen LogP contribution in [0.2, 0.25) is 0 Å². The van der Waals surface area contributed by atoms with Crippen molar-refractivity contribution in [2.24, 2.45) is 0 Å². The first kappa shape index (κ1) is 15.4. The molecule has 0 bridgehead atoms. The number of H-pyrrole nitrogens is 1. The van der Waals surface area contributed by atoms with Crippen LogP contribution in [0, 0.1) is 0 Å². The van der Waals surface area contributed by atoms with E-state index in [2.05, 4.69) is 44.3 Å². The van der Waals surface area contributed by atoms with E-state index in [-0.39, 0.29) is 17.2 Å². The van der Waals surface area contributed by atoms with Gasteiger partial charge in [-0.25, -0.2) is 4.98 Å². The number of fused-ring (bicyclic) bond motifs is 1. The van der Waals surface area contributed by atoms with Gasteiger partial charge in [0.1, 0.15) is 5.82 Å². The molecular formula is C19H22N4OS. The molecule has 6 heteroatoms. The Morgan fingerprint density at radius 2 is 2.04 bits per heavy atom. The fourth-order valence-corrected chi connectivity index (χ4v) is 5.09. The Hall–Kier alpha value is -1.82. The van der Waals surface area contributed by atoms with E-state index < -0.39 is 0 Å². The van der Waals surface area contributed by atoms with Crippen LogP contribution in [0.15, 0.2) is 29.4 Å². The Bertz CT molecular complexity index is 800. The van der Waals surface area contributed by atoms with Gasteiger partial charge in [0.05, 0.1) is 11.3 Å². The molecule has 0 radical (unpaired) electrons. The third kappa shape index (κ3) is 2.86. The average Bonchev–Trinajstić information content (AvgIpc) is 3.29. The molecule has 5 nitrogen and oxygen atoms in total. The molecule has 2 atom stereocenters. The van der Waals surface area contributed by atoms with E-state index >= 15 is 0 Å². The van der Waals surface area contributed by atoms with Gasteiger partial charge in [0, 0.05) is 12.5 Å². The molecule has 1 saturated heterocycles. The van der Waals surface area contributed by atoms with Crippen LogP contribution in [0.1, 0.15) is 61.0 Å². The highest BCUT2D eigenvalue weighted by molar-refractivity contribution is 8.00. The molecule has 2 fully saturated rings. The molecule has 1 aliphatic heterocycles. The molecule has 2 unspecified atom stereocenters. The Morgan fingerprint density at radius 1 is 1.16 bits per heavy atom. The predicted octanol–water partition coefficient (Wildman–Crippen LogP) is 3.45. The molecule has 1 N–H and O–H groups in total. The van der Waals surface area contributed by atoms with Crippen LogP contribution in [0.3, 0.4) is 0 Å². The van der Waals surface area contributed by atoms with Gasteiger partial charge in [0.2, 0.25) is 11.1 Å². The maximum atomic E-state index is 13.0. The Kier molecular flexibility index (Phi) is 3.81. The van der Waals surface area contributed by atoms with E-state index in [1.54, 1.807) is 0 Å². The van der Waals surface area contributed by atoms with Gasteiger partial charge in [0.15, 0.2) is 0 Å². The number of thioether (sulfide) groups is 1. The van der Waals surface area contributed by atoms with Gasteiger partial charge in [0.25, 0.3) is 0 Å². The first-order chi connectivity index (χ1) is 12.3. The number of nitrogens with one attached hydrogen (secondary N) is 1. The number of carbonyl (C=O) groups is 1. The zero-order chi connectivity index (χ0) is 16.8. The lowest BCUT2D eigenvalue weighted by Gasteiger charge is -2.33. The zero-order valence-corrected chi connectivity index (χ0v) is 15.0. The first-order valence-corrected chi connectivity index (χ1v) is 10.1. The van der Waals surface area contributed by atoms with E-state index in [0.29, 0.717) is 5.92 Å². The van der Waals surface area contributed by atoms with Crippen molar-refractivity contribution in [3.05, 3.63) is 41.2 Å². The molecule has 5 rings (SSSR count). The number of hydrogen-bond donors (Lipinski definition) is 1. The van der Waals surface area contributed by atoms with E-state index in [1.807, 2.05) is 0 Å². The van der Waals surface area contributed by atoms with E-state index in [9.17, 15) is 4.79 Å². The average molecular weight is 354 g/mol. The second kappa shape index (κ2) is 6.16.